The Bertz CT molecular complexity index is 370. The Morgan fingerprint density at radius 2 is 2.12 bits per heavy atom. The van der Waals surface area contributed by atoms with E-state index in [-0.39, 0.29) is 12.1 Å². The molecule has 0 aliphatic heterocycles. The lowest BCUT2D eigenvalue weighted by molar-refractivity contribution is 0.0210. The number of rotatable bonds is 3. The summed E-state index contributed by atoms with van der Waals surface area (Å²) in [7, 11) is 0. The molecule has 4 nitrogen and oxygen atoms in total. The van der Waals surface area contributed by atoms with Crippen molar-refractivity contribution in [2.24, 2.45) is 5.73 Å². The zero-order valence-corrected chi connectivity index (χ0v) is 9.89. The molecule has 0 spiro atoms. The predicted molar refractivity (Wildman–Crippen MR) is 64.4 cm³/mol. The monoisotopic (exact) mass is 234 g/mol. The highest BCUT2D eigenvalue weighted by atomic mass is 16.5. The van der Waals surface area contributed by atoms with Gasteiger partial charge in [-0.05, 0) is 37.8 Å². The molecule has 1 heterocycles. The van der Waals surface area contributed by atoms with E-state index < -0.39 is 0 Å². The Morgan fingerprint density at radius 1 is 1.35 bits per heavy atom. The lowest BCUT2D eigenvalue weighted by atomic mass is 9.98. The molecule has 0 radical (unpaired) electrons. The van der Waals surface area contributed by atoms with Crippen LogP contribution >= 0.6 is 0 Å². The molecule has 1 saturated carbocycles. The van der Waals surface area contributed by atoms with E-state index in [0.29, 0.717) is 12.1 Å². The summed E-state index contributed by atoms with van der Waals surface area (Å²) in [6.45, 7) is 0.387. The second kappa shape index (κ2) is 5.77. The van der Waals surface area contributed by atoms with E-state index in [2.05, 4.69) is 4.98 Å². The van der Waals surface area contributed by atoms with Crippen LogP contribution in [0, 0.1) is 0 Å². The Labute approximate surface area is 101 Å². The van der Waals surface area contributed by atoms with Crippen LogP contribution in [-0.2, 0) is 11.3 Å². The molecular weight excluding hydrogens is 216 g/mol. The normalized spacial score (nSPS) is 16.8. The summed E-state index contributed by atoms with van der Waals surface area (Å²) in [5, 5.41) is 0. The largest absolute Gasteiger partial charge is 0.459 e. The first-order chi connectivity index (χ1) is 8.29. The highest BCUT2D eigenvalue weighted by molar-refractivity contribution is 5.89. The zero-order valence-electron chi connectivity index (χ0n) is 9.89. The lowest BCUT2D eigenvalue weighted by Gasteiger charge is -2.21. The van der Waals surface area contributed by atoms with Gasteiger partial charge in [0.1, 0.15) is 6.10 Å². The Kier molecular flexibility index (Phi) is 4.09. The fraction of sp³-hybridized carbons (Fsp3) is 0.538. The summed E-state index contributed by atoms with van der Waals surface area (Å²) < 4.78 is 5.44. The first-order valence-corrected chi connectivity index (χ1v) is 6.15. The third-order valence-corrected chi connectivity index (χ3v) is 3.10. The molecule has 1 aliphatic rings. The summed E-state index contributed by atoms with van der Waals surface area (Å²) in [4.78, 5) is 15.9. The van der Waals surface area contributed by atoms with Gasteiger partial charge in [0.25, 0.3) is 0 Å². The second-order valence-corrected chi connectivity index (χ2v) is 4.41. The number of hydrogen-bond donors (Lipinski definition) is 1. The van der Waals surface area contributed by atoms with Gasteiger partial charge in [-0.15, -0.1) is 0 Å². The lowest BCUT2D eigenvalue weighted by Crippen LogP contribution is -2.21. The van der Waals surface area contributed by atoms with E-state index in [0.717, 1.165) is 31.4 Å². The van der Waals surface area contributed by atoms with Gasteiger partial charge >= 0.3 is 5.97 Å². The number of carbonyl (C=O) groups excluding carboxylic acids is 1. The number of carbonyl (C=O) groups is 1. The summed E-state index contributed by atoms with van der Waals surface area (Å²) in [5.74, 6) is -0.270. The predicted octanol–water partition coefficient (Wildman–Crippen LogP) is 2.03. The van der Waals surface area contributed by atoms with E-state index in [4.69, 9.17) is 10.5 Å². The molecule has 0 saturated heterocycles. The number of nitrogens with two attached hydrogens (primary N) is 1. The number of aromatic nitrogens is 1. The maximum absolute atomic E-state index is 11.8. The van der Waals surface area contributed by atoms with E-state index in [9.17, 15) is 4.79 Å². The van der Waals surface area contributed by atoms with Gasteiger partial charge in [0, 0.05) is 12.7 Å². The summed E-state index contributed by atoms with van der Waals surface area (Å²) in [6.07, 6.45) is 7.16. The van der Waals surface area contributed by atoms with Gasteiger partial charge in [-0.2, -0.15) is 0 Å². The Hall–Kier alpha value is -1.42. The molecule has 0 unspecified atom stereocenters. The average molecular weight is 234 g/mol. The van der Waals surface area contributed by atoms with Gasteiger partial charge in [-0.1, -0.05) is 6.42 Å². The second-order valence-electron chi connectivity index (χ2n) is 4.41. The minimum absolute atomic E-state index is 0.0884. The number of hydrogen-bond acceptors (Lipinski definition) is 4. The molecular formula is C13H18N2O2. The summed E-state index contributed by atoms with van der Waals surface area (Å²) in [6, 6.07) is 3.48. The topological polar surface area (TPSA) is 65.2 Å². The van der Waals surface area contributed by atoms with Crippen LogP contribution in [0.2, 0.25) is 0 Å². The molecule has 1 aliphatic carbocycles. The molecule has 4 heteroatoms. The van der Waals surface area contributed by atoms with Crippen LogP contribution in [0.15, 0.2) is 18.3 Å². The van der Waals surface area contributed by atoms with Gasteiger partial charge in [-0.25, -0.2) is 4.79 Å². The smallest absolute Gasteiger partial charge is 0.339 e. The van der Waals surface area contributed by atoms with Crippen molar-refractivity contribution in [2.75, 3.05) is 0 Å². The van der Waals surface area contributed by atoms with Crippen LogP contribution in [0.1, 0.15) is 48.2 Å². The summed E-state index contributed by atoms with van der Waals surface area (Å²) >= 11 is 0. The van der Waals surface area contributed by atoms with Crippen LogP contribution in [-0.4, -0.2) is 17.1 Å². The molecule has 0 atom stereocenters. The van der Waals surface area contributed by atoms with Crippen LogP contribution in [0.4, 0.5) is 0 Å². The number of esters is 1. The molecule has 17 heavy (non-hydrogen) atoms. The molecule has 0 aromatic carbocycles. The highest BCUT2D eigenvalue weighted by Gasteiger charge is 2.18. The van der Waals surface area contributed by atoms with Crippen molar-refractivity contribution >= 4 is 5.97 Å². The molecule has 2 rings (SSSR count). The van der Waals surface area contributed by atoms with Crippen LogP contribution in [0.25, 0.3) is 0 Å². The van der Waals surface area contributed by atoms with Gasteiger partial charge in [0.15, 0.2) is 0 Å². The van der Waals surface area contributed by atoms with Crippen molar-refractivity contribution in [3.63, 3.8) is 0 Å². The first kappa shape index (κ1) is 12.0. The molecule has 1 aromatic heterocycles. The molecule has 1 fully saturated rings. The van der Waals surface area contributed by atoms with Crippen molar-refractivity contribution in [1.29, 1.82) is 0 Å². The molecule has 92 valence electrons. The van der Waals surface area contributed by atoms with Gasteiger partial charge in [-0.3, -0.25) is 4.98 Å². The van der Waals surface area contributed by atoms with Crippen molar-refractivity contribution in [2.45, 2.75) is 44.8 Å². The van der Waals surface area contributed by atoms with Crippen molar-refractivity contribution in [3.8, 4) is 0 Å². The van der Waals surface area contributed by atoms with Crippen molar-refractivity contribution in [1.82, 2.24) is 4.98 Å². The standard InChI is InChI=1S/C13H18N2O2/c14-8-11-7-6-10(9-15-11)13(16)17-12-4-2-1-3-5-12/h6-7,9,12H,1-5,8,14H2. The maximum Gasteiger partial charge on any atom is 0.339 e. The third-order valence-electron chi connectivity index (χ3n) is 3.10. The minimum atomic E-state index is -0.270. The van der Waals surface area contributed by atoms with E-state index in [1.807, 2.05) is 0 Å². The Balaban J connectivity index is 1.93. The minimum Gasteiger partial charge on any atom is -0.459 e. The van der Waals surface area contributed by atoms with Crippen molar-refractivity contribution in [3.05, 3.63) is 29.6 Å². The molecule has 1 aromatic rings. The Morgan fingerprint density at radius 3 is 2.71 bits per heavy atom. The maximum atomic E-state index is 11.8. The number of nitrogens with zero attached hydrogens (tertiary/aromatic N) is 1. The highest BCUT2D eigenvalue weighted by Crippen LogP contribution is 2.21. The van der Waals surface area contributed by atoms with Crippen LogP contribution in [0.5, 0.6) is 0 Å². The third kappa shape index (κ3) is 3.27. The first-order valence-electron chi connectivity index (χ1n) is 6.15. The quantitative estimate of drug-likeness (QED) is 0.813. The van der Waals surface area contributed by atoms with Gasteiger partial charge in [0.2, 0.25) is 0 Å². The fourth-order valence-electron chi connectivity index (χ4n) is 2.07. The molecule has 2 N–H and O–H groups in total. The summed E-state index contributed by atoms with van der Waals surface area (Å²) in [5.41, 5.74) is 6.73. The fourth-order valence-corrected chi connectivity index (χ4v) is 2.07. The SMILES string of the molecule is NCc1ccc(C(=O)OC2CCCCC2)cn1. The number of ether oxygens (including phenoxy) is 1. The average Bonchev–Trinajstić information content (AvgIpc) is 2.40. The van der Waals surface area contributed by atoms with Crippen LogP contribution in [0.3, 0.4) is 0 Å². The zero-order chi connectivity index (χ0) is 12.1. The molecule has 0 bridgehead atoms. The van der Waals surface area contributed by atoms with E-state index in [1.54, 1.807) is 12.1 Å². The van der Waals surface area contributed by atoms with Crippen LogP contribution < -0.4 is 5.73 Å². The van der Waals surface area contributed by atoms with Crippen molar-refractivity contribution < 1.29 is 9.53 Å². The number of pyridine rings is 1. The van der Waals surface area contributed by atoms with E-state index in [1.165, 1.54) is 12.6 Å². The van der Waals surface area contributed by atoms with E-state index >= 15 is 0 Å². The van der Waals surface area contributed by atoms with Gasteiger partial charge in [0.05, 0.1) is 11.3 Å². The molecule has 0 amide bonds. The van der Waals surface area contributed by atoms with Gasteiger partial charge < -0.3 is 10.5 Å².